The maximum absolute atomic E-state index is 12.2. The van der Waals surface area contributed by atoms with Crippen LogP contribution in [-0.4, -0.2) is 33.8 Å². The van der Waals surface area contributed by atoms with Crippen molar-refractivity contribution in [1.82, 2.24) is 14.7 Å². The normalized spacial score (nSPS) is 11.7. The lowest BCUT2D eigenvalue weighted by Crippen LogP contribution is -2.38. The fourth-order valence-corrected chi connectivity index (χ4v) is 2.54. The van der Waals surface area contributed by atoms with Crippen LogP contribution in [-0.2, 0) is 0 Å². The second-order valence-electron chi connectivity index (χ2n) is 5.91. The summed E-state index contributed by atoms with van der Waals surface area (Å²) in [5.41, 5.74) is 2.65. The Hall–Kier alpha value is -3.33. The van der Waals surface area contributed by atoms with Gasteiger partial charge in [0.25, 0.3) is 0 Å². The number of para-hydroxylation sites is 1. The number of nitriles is 1. The second kappa shape index (κ2) is 7.05. The Labute approximate surface area is 146 Å². The SMILES string of the molecule is C[C@@H](CC#N)N(C)C(=O)Nc1ccc(-n2ncc3ccccc32)cc1. The molecule has 0 unspecified atom stereocenters. The minimum absolute atomic E-state index is 0.139. The number of fused-ring (bicyclic) bond motifs is 1. The smallest absolute Gasteiger partial charge is 0.321 e. The molecule has 6 heteroatoms. The highest BCUT2D eigenvalue weighted by molar-refractivity contribution is 5.89. The van der Waals surface area contributed by atoms with E-state index in [9.17, 15) is 4.79 Å². The van der Waals surface area contributed by atoms with Crippen molar-refractivity contribution in [2.45, 2.75) is 19.4 Å². The molecule has 0 spiro atoms. The van der Waals surface area contributed by atoms with Crippen molar-refractivity contribution < 1.29 is 4.79 Å². The lowest BCUT2D eigenvalue weighted by molar-refractivity contribution is 0.208. The molecule has 1 N–H and O–H groups in total. The molecule has 0 bridgehead atoms. The zero-order valence-corrected chi connectivity index (χ0v) is 14.2. The molecule has 6 nitrogen and oxygen atoms in total. The van der Waals surface area contributed by atoms with Gasteiger partial charge >= 0.3 is 6.03 Å². The molecular weight excluding hydrogens is 314 g/mol. The molecule has 25 heavy (non-hydrogen) atoms. The third-order valence-corrected chi connectivity index (χ3v) is 4.21. The standard InChI is InChI=1S/C19H19N5O/c1-14(11-12-20)23(2)19(25)22-16-7-9-17(10-8-16)24-18-6-4-3-5-15(18)13-21-24/h3-10,13-14H,11H2,1-2H3,(H,22,25)/t14-/m0/s1. The molecule has 2 amide bonds. The number of carbonyl (C=O) groups is 1. The van der Waals surface area contributed by atoms with Crippen molar-refractivity contribution in [3.8, 4) is 11.8 Å². The van der Waals surface area contributed by atoms with E-state index in [2.05, 4.69) is 16.5 Å². The third kappa shape index (κ3) is 3.45. The minimum Gasteiger partial charge on any atom is -0.324 e. The van der Waals surface area contributed by atoms with Crippen molar-refractivity contribution in [1.29, 1.82) is 5.26 Å². The van der Waals surface area contributed by atoms with E-state index in [-0.39, 0.29) is 12.1 Å². The highest BCUT2D eigenvalue weighted by Crippen LogP contribution is 2.19. The molecule has 0 aliphatic rings. The molecule has 0 saturated carbocycles. The van der Waals surface area contributed by atoms with Crippen LogP contribution in [0.3, 0.4) is 0 Å². The molecule has 1 atom stereocenters. The summed E-state index contributed by atoms with van der Waals surface area (Å²) in [6.07, 6.45) is 2.13. The fraction of sp³-hybridized carbons (Fsp3) is 0.211. The summed E-state index contributed by atoms with van der Waals surface area (Å²) in [7, 11) is 1.68. The largest absolute Gasteiger partial charge is 0.324 e. The summed E-state index contributed by atoms with van der Waals surface area (Å²) in [5, 5.41) is 17.1. The number of aromatic nitrogens is 2. The van der Waals surface area contributed by atoms with Crippen LogP contribution in [0, 0.1) is 11.3 Å². The second-order valence-corrected chi connectivity index (χ2v) is 5.91. The first-order valence-electron chi connectivity index (χ1n) is 8.04. The molecule has 1 heterocycles. The number of urea groups is 1. The zero-order chi connectivity index (χ0) is 17.8. The summed E-state index contributed by atoms with van der Waals surface area (Å²) in [6.45, 7) is 1.84. The summed E-state index contributed by atoms with van der Waals surface area (Å²) in [4.78, 5) is 13.7. The average Bonchev–Trinajstić information content (AvgIpc) is 3.06. The third-order valence-electron chi connectivity index (χ3n) is 4.21. The maximum Gasteiger partial charge on any atom is 0.321 e. The van der Waals surface area contributed by atoms with Gasteiger partial charge in [-0.25, -0.2) is 9.48 Å². The Morgan fingerprint density at radius 3 is 2.72 bits per heavy atom. The molecule has 126 valence electrons. The quantitative estimate of drug-likeness (QED) is 0.789. The lowest BCUT2D eigenvalue weighted by Gasteiger charge is -2.23. The van der Waals surface area contributed by atoms with Crippen LogP contribution in [0.4, 0.5) is 10.5 Å². The summed E-state index contributed by atoms with van der Waals surface area (Å²) in [5.74, 6) is 0. The van der Waals surface area contributed by atoms with Crippen LogP contribution < -0.4 is 5.32 Å². The van der Waals surface area contributed by atoms with Crippen LogP contribution in [0.25, 0.3) is 16.6 Å². The number of benzene rings is 2. The van der Waals surface area contributed by atoms with E-state index in [1.807, 2.05) is 66.3 Å². The molecule has 0 saturated heterocycles. The van der Waals surface area contributed by atoms with Gasteiger partial charge < -0.3 is 10.2 Å². The average molecular weight is 333 g/mol. The molecule has 0 aliphatic heterocycles. The highest BCUT2D eigenvalue weighted by atomic mass is 16.2. The fourth-order valence-electron chi connectivity index (χ4n) is 2.54. The van der Waals surface area contributed by atoms with Crippen LogP contribution in [0.2, 0.25) is 0 Å². The number of nitrogens with zero attached hydrogens (tertiary/aromatic N) is 4. The van der Waals surface area contributed by atoms with Crippen LogP contribution >= 0.6 is 0 Å². The molecule has 2 aromatic carbocycles. The Kier molecular flexibility index (Phi) is 4.66. The number of anilines is 1. The van der Waals surface area contributed by atoms with Gasteiger partial charge in [-0.15, -0.1) is 0 Å². The molecule has 0 fully saturated rings. The Morgan fingerprint density at radius 1 is 1.28 bits per heavy atom. The molecule has 0 radical (unpaired) electrons. The van der Waals surface area contributed by atoms with Gasteiger partial charge in [0.05, 0.1) is 29.9 Å². The van der Waals surface area contributed by atoms with Crippen LogP contribution in [0.1, 0.15) is 13.3 Å². The summed E-state index contributed by atoms with van der Waals surface area (Å²) in [6, 6.07) is 17.2. The number of hydrogen-bond donors (Lipinski definition) is 1. The minimum atomic E-state index is -0.236. The Balaban J connectivity index is 1.75. The molecule has 1 aromatic heterocycles. The number of nitrogens with one attached hydrogen (secondary N) is 1. The molecule has 0 aliphatic carbocycles. The van der Waals surface area contributed by atoms with Crippen molar-refractivity contribution in [3.05, 3.63) is 54.7 Å². The Morgan fingerprint density at radius 2 is 2.00 bits per heavy atom. The van der Waals surface area contributed by atoms with E-state index < -0.39 is 0 Å². The summed E-state index contributed by atoms with van der Waals surface area (Å²) >= 11 is 0. The Bertz CT molecular complexity index is 923. The first-order chi connectivity index (χ1) is 12.1. The molecular formula is C19H19N5O. The van der Waals surface area contributed by atoms with Gasteiger partial charge in [-0.05, 0) is 37.3 Å². The first kappa shape index (κ1) is 16.5. The van der Waals surface area contributed by atoms with Gasteiger partial charge in [-0.2, -0.15) is 10.4 Å². The van der Waals surface area contributed by atoms with Crippen molar-refractivity contribution in [2.75, 3.05) is 12.4 Å². The van der Waals surface area contributed by atoms with Crippen molar-refractivity contribution in [2.24, 2.45) is 0 Å². The van der Waals surface area contributed by atoms with E-state index in [1.165, 1.54) is 4.90 Å². The topological polar surface area (TPSA) is 74.0 Å². The highest BCUT2D eigenvalue weighted by Gasteiger charge is 2.15. The van der Waals surface area contributed by atoms with Crippen molar-refractivity contribution in [3.63, 3.8) is 0 Å². The number of carbonyl (C=O) groups excluding carboxylic acids is 1. The predicted octanol–water partition coefficient (Wildman–Crippen LogP) is 3.79. The van der Waals surface area contributed by atoms with E-state index in [1.54, 1.807) is 7.05 Å². The van der Waals surface area contributed by atoms with Crippen molar-refractivity contribution >= 4 is 22.6 Å². The van der Waals surface area contributed by atoms with Gasteiger partial charge in [0.15, 0.2) is 0 Å². The number of rotatable bonds is 4. The van der Waals surface area contributed by atoms with Gasteiger partial charge in [0.2, 0.25) is 0 Å². The predicted molar refractivity (Wildman–Crippen MR) is 97.5 cm³/mol. The van der Waals surface area contributed by atoms with Gasteiger partial charge in [-0.1, -0.05) is 18.2 Å². The van der Waals surface area contributed by atoms with Crippen LogP contribution in [0.5, 0.6) is 0 Å². The van der Waals surface area contributed by atoms with E-state index >= 15 is 0 Å². The van der Waals surface area contributed by atoms with Gasteiger partial charge in [0, 0.05) is 24.2 Å². The van der Waals surface area contributed by atoms with Crippen LogP contribution in [0.15, 0.2) is 54.7 Å². The molecule has 3 rings (SSSR count). The number of amides is 2. The number of hydrogen-bond acceptors (Lipinski definition) is 3. The monoisotopic (exact) mass is 333 g/mol. The van der Waals surface area contributed by atoms with Gasteiger partial charge in [-0.3, -0.25) is 0 Å². The van der Waals surface area contributed by atoms with E-state index in [0.29, 0.717) is 12.1 Å². The van der Waals surface area contributed by atoms with E-state index in [4.69, 9.17) is 5.26 Å². The summed E-state index contributed by atoms with van der Waals surface area (Å²) < 4.78 is 1.86. The zero-order valence-electron chi connectivity index (χ0n) is 14.2. The van der Waals surface area contributed by atoms with Gasteiger partial charge in [0.1, 0.15) is 0 Å². The maximum atomic E-state index is 12.2. The van der Waals surface area contributed by atoms with E-state index in [0.717, 1.165) is 16.6 Å². The molecule has 3 aromatic rings. The first-order valence-corrected chi connectivity index (χ1v) is 8.04. The lowest BCUT2D eigenvalue weighted by atomic mass is 10.2.